The minimum atomic E-state index is 0.510. The maximum atomic E-state index is 5.43. The molecule has 0 saturated heterocycles. The van der Waals surface area contributed by atoms with E-state index < -0.39 is 0 Å². The van der Waals surface area contributed by atoms with E-state index in [2.05, 4.69) is 15.0 Å². The lowest BCUT2D eigenvalue weighted by Crippen LogP contribution is -1.96. The van der Waals surface area contributed by atoms with Crippen molar-refractivity contribution in [2.24, 2.45) is 5.73 Å². The van der Waals surface area contributed by atoms with E-state index in [0.29, 0.717) is 6.54 Å². The summed E-state index contributed by atoms with van der Waals surface area (Å²) in [6.45, 7) is 0.510. The smallest absolute Gasteiger partial charge is 0.157 e. The van der Waals surface area contributed by atoms with Gasteiger partial charge in [-0.3, -0.25) is 0 Å². The molecule has 0 aliphatic heterocycles. The van der Waals surface area contributed by atoms with Gasteiger partial charge >= 0.3 is 0 Å². The van der Waals surface area contributed by atoms with Gasteiger partial charge in [-0.15, -0.1) is 0 Å². The van der Waals surface area contributed by atoms with E-state index in [1.54, 1.807) is 12.5 Å². The molecule has 2 aromatic heterocycles. The minimum absolute atomic E-state index is 0.510. The molecule has 0 fully saturated rings. The summed E-state index contributed by atoms with van der Waals surface area (Å²) in [7, 11) is 0. The van der Waals surface area contributed by atoms with Gasteiger partial charge in [0.2, 0.25) is 0 Å². The summed E-state index contributed by atoms with van der Waals surface area (Å²) in [5.74, 6) is 0. The number of nitrogens with one attached hydrogen (secondary N) is 1. The first-order valence-corrected chi connectivity index (χ1v) is 3.38. The predicted octanol–water partition coefficient (Wildman–Crippen LogP) is 0.417. The molecular formula is C7H8N4. The highest BCUT2D eigenvalue weighted by molar-refractivity contribution is 5.69. The third-order valence-corrected chi connectivity index (χ3v) is 1.56. The Balaban J connectivity index is 2.67. The summed E-state index contributed by atoms with van der Waals surface area (Å²) < 4.78 is 0. The molecule has 0 atom stereocenters. The fourth-order valence-electron chi connectivity index (χ4n) is 0.979. The first-order chi connectivity index (χ1) is 5.40. The molecule has 0 saturated carbocycles. The van der Waals surface area contributed by atoms with Crippen molar-refractivity contribution in [2.45, 2.75) is 6.54 Å². The van der Waals surface area contributed by atoms with Crippen LogP contribution in [0.4, 0.5) is 0 Å². The second-order valence-corrected chi connectivity index (χ2v) is 2.32. The first kappa shape index (κ1) is 6.30. The lowest BCUT2D eigenvalue weighted by Gasteiger charge is -1.92. The molecule has 56 valence electrons. The SMILES string of the molecule is NCc1cnc2[nH]cnc2c1. The topological polar surface area (TPSA) is 67.6 Å². The summed E-state index contributed by atoms with van der Waals surface area (Å²) in [5, 5.41) is 0. The number of hydrogen-bond acceptors (Lipinski definition) is 3. The zero-order chi connectivity index (χ0) is 7.68. The van der Waals surface area contributed by atoms with Crippen LogP contribution in [0.2, 0.25) is 0 Å². The molecule has 2 rings (SSSR count). The van der Waals surface area contributed by atoms with E-state index in [0.717, 1.165) is 16.7 Å². The Bertz CT molecular complexity index is 365. The molecule has 4 nitrogen and oxygen atoms in total. The molecule has 0 aliphatic carbocycles. The number of imidazole rings is 1. The van der Waals surface area contributed by atoms with Crippen LogP contribution in [0.5, 0.6) is 0 Å². The second-order valence-electron chi connectivity index (χ2n) is 2.32. The second kappa shape index (κ2) is 2.32. The van der Waals surface area contributed by atoms with Crippen LogP contribution in [0.3, 0.4) is 0 Å². The van der Waals surface area contributed by atoms with Crippen molar-refractivity contribution in [2.75, 3.05) is 0 Å². The average Bonchev–Trinajstić information content (AvgIpc) is 2.50. The number of H-pyrrole nitrogens is 1. The number of aromatic amines is 1. The Morgan fingerprint density at radius 1 is 1.45 bits per heavy atom. The number of pyridine rings is 1. The van der Waals surface area contributed by atoms with Crippen molar-refractivity contribution in [3.8, 4) is 0 Å². The third kappa shape index (κ3) is 0.969. The molecule has 0 unspecified atom stereocenters. The summed E-state index contributed by atoms with van der Waals surface area (Å²) in [6, 6.07) is 1.93. The number of aromatic nitrogens is 3. The van der Waals surface area contributed by atoms with Crippen LogP contribution < -0.4 is 5.73 Å². The molecule has 0 aliphatic rings. The molecule has 3 N–H and O–H groups in total. The van der Waals surface area contributed by atoms with Crippen LogP contribution in [0.1, 0.15) is 5.56 Å². The fourth-order valence-corrected chi connectivity index (χ4v) is 0.979. The van der Waals surface area contributed by atoms with E-state index in [1.807, 2.05) is 6.07 Å². The van der Waals surface area contributed by atoms with Gasteiger partial charge in [0.1, 0.15) is 5.52 Å². The minimum Gasteiger partial charge on any atom is -0.329 e. The molecule has 11 heavy (non-hydrogen) atoms. The van der Waals surface area contributed by atoms with E-state index in [1.165, 1.54) is 0 Å². The third-order valence-electron chi connectivity index (χ3n) is 1.56. The molecule has 0 aromatic carbocycles. The number of hydrogen-bond donors (Lipinski definition) is 2. The zero-order valence-corrected chi connectivity index (χ0v) is 5.91. The van der Waals surface area contributed by atoms with Gasteiger partial charge in [-0.25, -0.2) is 9.97 Å². The highest BCUT2D eigenvalue weighted by atomic mass is 14.9. The van der Waals surface area contributed by atoms with Gasteiger partial charge in [0, 0.05) is 12.7 Å². The maximum absolute atomic E-state index is 5.43. The van der Waals surface area contributed by atoms with E-state index >= 15 is 0 Å². The fraction of sp³-hybridized carbons (Fsp3) is 0.143. The van der Waals surface area contributed by atoms with Crippen molar-refractivity contribution in [1.82, 2.24) is 15.0 Å². The Labute approximate surface area is 63.5 Å². The van der Waals surface area contributed by atoms with Crippen molar-refractivity contribution in [3.63, 3.8) is 0 Å². The molecule has 2 aromatic rings. The van der Waals surface area contributed by atoms with E-state index in [4.69, 9.17) is 5.73 Å². The summed E-state index contributed by atoms with van der Waals surface area (Å²) in [4.78, 5) is 11.1. The quantitative estimate of drug-likeness (QED) is 0.615. The molecule has 0 amide bonds. The van der Waals surface area contributed by atoms with Gasteiger partial charge < -0.3 is 10.7 Å². The van der Waals surface area contributed by atoms with Gasteiger partial charge in [-0.05, 0) is 11.6 Å². The monoisotopic (exact) mass is 148 g/mol. The predicted molar refractivity (Wildman–Crippen MR) is 41.8 cm³/mol. The highest BCUT2D eigenvalue weighted by Crippen LogP contribution is 2.06. The molecule has 0 bridgehead atoms. The van der Waals surface area contributed by atoms with Crippen LogP contribution in [-0.4, -0.2) is 15.0 Å². The zero-order valence-electron chi connectivity index (χ0n) is 5.91. The van der Waals surface area contributed by atoms with Crippen molar-refractivity contribution < 1.29 is 0 Å². The van der Waals surface area contributed by atoms with Crippen LogP contribution >= 0.6 is 0 Å². The van der Waals surface area contributed by atoms with E-state index in [-0.39, 0.29) is 0 Å². The van der Waals surface area contributed by atoms with Crippen molar-refractivity contribution >= 4 is 11.2 Å². The molecular weight excluding hydrogens is 140 g/mol. The summed E-state index contributed by atoms with van der Waals surface area (Å²) in [6.07, 6.45) is 3.37. The highest BCUT2D eigenvalue weighted by Gasteiger charge is 1.96. The van der Waals surface area contributed by atoms with Crippen LogP contribution in [0.15, 0.2) is 18.6 Å². The number of rotatable bonds is 1. The number of fused-ring (bicyclic) bond motifs is 1. The average molecular weight is 148 g/mol. The largest absolute Gasteiger partial charge is 0.329 e. The van der Waals surface area contributed by atoms with Crippen molar-refractivity contribution in [3.05, 3.63) is 24.2 Å². The number of nitrogens with zero attached hydrogens (tertiary/aromatic N) is 2. The van der Waals surface area contributed by atoms with Crippen LogP contribution in [-0.2, 0) is 6.54 Å². The Hall–Kier alpha value is -1.42. The van der Waals surface area contributed by atoms with Gasteiger partial charge in [-0.1, -0.05) is 0 Å². The molecule has 4 heteroatoms. The van der Waals surface area contributed by atoms with Gasteiger partial charge in [0.15, 0.2) is 5.65 Å². The van der Waals surface area contributed by atoms with Gasteiger partial charge in [0.05, 0.1) is 6.33 Å². The normalized spacial score (nSPS) is 10.6. The molecule has 0 spiro atoms. The Morgan fingerprint density at radius 2 is 2.36 bits per heavy atom. The van der Waals surface area contributed by atoms with Gasteiger partial charge in [0.25, 0.3) is 0 Å². The standard InChI is InChI=1S/C7H8N4/c8-2-5-1-6-7(9-3-5)11-4-10-6/h1,3-4H,2,8H2,(H,9,10,11). The van der Waals surface area contributed by atoms with Gasteiger partial charge in [-0.2, -0.15) is 0 Å². The summed E-state index contributed by atoms with van der Waals surface area (Å²) in [5.41, 5.74) is 8.11. The number of nitrogens with two attached hydrogens (primary N) is 1. The van der Waals surface area contributed by atoms with Crippen LogP contribution in [0.25, 0.3) is 11.2 Å². The van der Waals surface area contributed by atoms with Crippen LogP contribution in [0, 0.1) is 0 Å². The first-order valence-electron chi connectivity index (χ1n) is 3.38. The lowest BCUT2D eigenvalue weighted by molar-refractivity contribution is 1.06. The van der Waals surface area contributed by atoms with E-state index in [9.17, 15) is 0 Å². The molecule has 2 heterocycles. The maximum Gasteiger partial charge on any atom is 0.157 e. The Morgan fingerprint density at radius 3 is 3.18 bits per heavy atom. The summed E-state index contributed by atoms with van der Waals surface area (Å²) >= 11 is 0. The lowest BCUT2D eigenvalue weighted by atomic mass is 10.3. The Kier molecular flexibility index (Phi) is 1.33. The van der Waals surface area contributed by atoms with Crippen molar-refractivity contribution in [1.29, 1.82) is 0 Å². The molecule has 0 radical (unpaired) electrons.